The fraction of sp³-hybridized carbons (Fsp3) is 0.462. The molecule has 2 aliphatic heterocycles. The van der Waals surface area contributed by atoms with E-state index in [-0.39, 0.29) is 23.5 Å². The number of phosphoric acid groups is 1. The number of ether oxygens (including phenoxy) is 2. The van der Waals surface area contributed by atoms with Crippen LogP contribution in [0.15, 0.2) is 36.4 Å². The molecule has 11 nitrogen and oxygen atoms in total. The van der Waals surface area contributed by atoms with E-state index >= 15 is 0 Å². The van der Waals surface area contributed by atoms with Crippen LogP contribution in [0.25, 0.3) is 0 Å². The van der Waals surface area contributed by atoms with E-state index in [1.807, 2.05) is 17.0 Å². The SMILES string of the molecule is COc1cc2c(cc1OC)CN(C(=O)C1CCCN(CCNC(=O)c3ccc(F)cc3)C1)CC2.O=P(O)(O)O. The Morgan fingerprint density at radius 2 is 1.67 bits per heavy atom. The molecule has 39 heavy (non-hydrogen) atoms. The molecular formula is C26H35FN3O8P. The molecule has 0 aromatic heterocycles. The van der Waals surface area contributed by atoms with Crippen LogP contribution in [0.1, 0.15) is 34.3 Å². The molecule has 2 aliphatic rings. The van der Waals surface area contributed by atoms with E-state index in [0.717, 1.165) is 37.1 Å². The Morgan fingerprint density at radius 1 is 1.05 bits per heavy atom. The minimum atomic E-state index is -4.64. The van der Waals surface area contributed by atoms with Crippen molar-refractivity contribution in [2.45, 2.75) is 25.8 Å². The first-order valence-electron chi connectivity index (χ1n) is 12.6. The monoisotopic (exact) mass is 567 g/mol. The van der Waals surface area contributed by atoms with Gasteiger partial charge in [-0.2, -0.15) is 0 Å². The molecule has 0 bridgehead atoms. The highest BCUT2D eigenvalue weighted by Crippen LogP contribution is 2.34. The molecule has 2 aromatic carbocycles. The van der Waals surface area contributed by atoms with Crippen molar-refractivity contribution in [1.29, 1.82) is 0 Å². The number of carbonyl (C=O) groups excluding carboxylic acids is 2. The summed E-state index contributed by atoms with van der Waals surface area (Å²) in [4.78, 5) is 51.3. The van der Waals surface area contributed by atoms with Crippen molar-refractivity contribution in [3.8, 4) is 11.5 Å². The summed E-state index contributed by atoms with van der Waals surface area (Å²) in [6.45, 7) is 4.05. The van der Waals surface area contributed by atoms with Crippen LogP contribution in [0.5, 0.6) is 11.5 Å². The van der Waals surface area contributed by atoms with Gasteiger partial charge >= 0.3 is 7.82 Å². The van der Waals surface area contributed by atoms with Crippen LogP contribution in [0.2, 0.25) is 0 Å². The topological polar surface area (TPSA) is 149 Å². The Labute approximate surface area is 226 Å². The fourth-order valence-corrected chi connectivity index (χ4v) is 4.82. The minimum absolute atomic E-state index is 0.0387. The molecule has 0 radical (unpaired) electrons. The first kappa shape index (κ1) is 30.5. The van der Waals surface area contributed by atoms with Crippen LogP contribution in [-0.2, 0) is 22.3 Å². The Hall–Kier alpha value is -3.02. The number of fused-ring (bicyclic) bond motifs is 1. The maximum Gasteiger partial charge on any atom is 0.466 e. The molecule has 4 N–H and O–H groups in total. The van der Waals surface area contributed by atoms with Gasteiger partial charge in [0, 0.05) is 38.3 Å². The number of hydrogen-bond donors (Lipinski definition) is 4. The number of benzene rings is 2. The van der Waals surface area contributed by atoms with Crippen molar-refractivity contribution >= 4 is 19.6 Å². The number of hydrogen-bond acceptors (Lipinski definition) is 6. The summed E-state index contributed by atoms with van der Waals surface area (Å²) < 4.78 is 32.8. The quantitative estimate of drug-likeness (QED) is 0.368. The first-order chi connectivity index (χ1) is 18.5. The normalized spacial score (nSPS) is 17.4. The Kier molecular flexibility index (Phi) is 10.8. The smallest absolute Gasteiger partial charge is 0.466 e. The summed E-state index contributed by atoms with van der Waals surface area (Å²) in [5.41, 5.74) is 2.74. The van der Waals surface area contributed by atoms with Crippen LogP contribution in [-0.4, -0.2) is 83.2 Å². The largest absolute Gasteiger partial charge is 0.493 e. The Bertz CT molecular complexity index is 1180. The average Bonchev–Trinajstić information content (AvgIpc) is 2.91. The number of nitrogens with zero attached hydrogens (tertiary/aromatic N) is 2. The third-order valence-electron chi connectivity index (χ3n) is 6.70. The zero-order valence-electron chi connectivity index (χ0n) is 22.0. The fourth-order valence-electron chi connectivity index (χ4n) is 4.82. The highest BCUT2D eigenvalue weighted by atomic mass is 31.2. The molecule has 13 heteroatoms. The highest BCUT2D eigenvalue weighted by Gasteiger charge is 2.31. The van der Waals surface area contributed by atoms with Crippen molar-refractivity contribution in [2.24, 2.45) is 5.92 Å². The van der Waals surface area contributed by atoms with Crippen LogP contribution in [0, 0.1) is 11.7 Å². The number of rotatable bonds is 7. The lowest BCUT2D eigenvalue weighted by Gasteiger charge is -2.37. The molecule has 2 heterocycles. The summed E-state index contributed by atoms with van der Waals surface area (Å²) in [5, 5.41) is 2.88. The van der Waals surface area contributed by atoms with Crippen LogP contribution in [0.4, 0.5) is 4.39 Å². The van der Waals surface area contributed by atoms with Crippen molar-refractivity contribution in [3.05, 3.63) is 58.9 Å². The molecule has 214 valence electrons. The molecule has 1 atom stereocenters. The van der Waals surface area contributed by atoms with Gasteiger partial charge in [-0.05, 0) is 73.3 Å². The predicted octanol–water partition coefficient (Wildman–Crippen LogP) is 1.94. The maximum atomic E-state index is 13.3. The molecule has 2 aromatic rings. The lowest BCUT2D eigenvalue weighted by molar-refractivity contribution is -0.138. The van der Waals surface area contributed by atoms with Gasteiger partial charge in [-0.25, -0.2) is 8.96 Å². The molecule has 0 spiro atoms. The van der Waals surface area contributed by atoms with Gasteiger partial charge in [0.15, 0.2) is 11.5 Å². The lowest BCUT2D eigenvalue weighted by Crippen LogP contribution is -2.47. The summed E-state index contributed by atoms with van der Waals surface area (Å²) in [6, 6.07) is 9.50. The van der Waals surface area contributed by atoms with E-state index in [1.165, 1.54) is 29.8 Å². The third-order valence-corrected chi connectivity index (χ3v) is 6.70. The average molecular weight is 568 g/mol. The van der Waals surface area contributed by atoms with E-state index in [4.69, 9.17) is 28.7 Å². The Morgan fingerprint density at radius 3 is 2.28 bits per heavy atom. The number of carbonyl (C=O) groups is 2. The van der Waals surface area contributed by atoms with Gasteiger partial charge in [0.1, 0.15) is 5.82 Å². The van der Waals surface area contributed by atoms with Gasteiger partial charge in [0.2, 0.25) is 5.91 Å². The number of amides is 2. The second kappa shape index (κ2) is 13.9. The van der Waals surface area contributed by atoms with Crippen molar-refractivity contribution in [1.82, 2.24) is 15.1 Å². The summed E-state index contributed by atoms with van der Waals surface area (Å²) in [7, 11) is -1.39. The number of halogens is 1. The van der Waals surface area contributed by atoms with E-state index in [2.05, 4.69) is 10.2 Å². The number of nitrogens with one attached hydrogen (secondary N) is 1. The molecular weight excluding hydrogens is 532 g/mol. The van der Waals surface area contributed by atoms with Gasteiger partial charge < -0.3 is 39.3 Å². The van der Waals surface area contributed by atoms with Gasteiger partial charge in [0.25, 0.3) is 5.91 Å². The van der Waals surface area contributed by atoms with Gasteiger partial charge in [-0.3, -0.25) is 9.59 Å². The highest BCUT2D eigenvalue weighted by molar-refractivity contribution is 7.45. The van der Waals surface area contributed by atoms with E-state index in [9.17, 15) is 14.0 Å². The van der Waals surface area contributed by atoms with E-state index in [1.54, 1.807) is 14.2 Å². The second-order valence-electron chi connectivity index (χ2n) is 9.40. The zero-order chi connectivity index (χ0) is 28.6. The summed E-state index contributed by atoms with van der Waals surface area (Å²) >= 11 is 0. The number of likely N-dealkylation sites (tertiary alicyclic amines) is 1. The third kappa shape index (κ3) is 9.29. The van der Waals surface area contributed by atoms with Crippen molar-refractivity contribution in [3.63, 3.8) is 0 Å². The van der Waals surface area contributed by atoms with Crippen LogP contribution >= 0.6 is 7.82 Å². The van der Waals surface area contributed by atoms with Crippen LogP contribution in [0.3, 0.4) is 0 Å². The van der Waals surface area contributed by atoms with Crippen LogP contribution < -0.4 is 14.8 Å². The van der Waals surface area contributed by atoms with Gasteiger partial charge in [-0.15, -0.1) is 0 Å². The second-order valence-corrected chi connectivity index (χ2v) is 10.4. The van der Waals surface area contributed by atoms with E-state index < -0.39 is 7.82 Å². The number of methoxy groups -OCH3 is 2. The van der Waals surface area contributed by atoms with E-state index in [0.29, 0.717) is 44.0 Å². The molecule has 1 unspecified atom stereocenters. The minimum Gasteiger partial charge on any atom is -0.493 e. The molecule has 2 amide bonds. The predicted molar refractivity (Wildman–Crippen MR) is 141 cm³/mol. The molecule has 4 rings (SSSR count). The van der Waals surface area contributed by atoms with Gasteiger partial charge in [0.05, 0.1) is 20.1 Å². The molecule has 1 fully saturated rings. The Balaban J connectivity index is 0.000000771. The summed E-state index contributed by atoms with van der Waals surface area (Å²) in [6.07, 6.45) is 2.64. The van der Waals surface area contributed by atoms with Crippen molar-refractivity contribution < 1.29 is 42.7 Å². The standard InChI is InChI=1S/C26H32FN3O4.H3O4P/c1-33-23-14-19-9-12-30(17-21(19)15-24(23)34-2)26(32)20-4-3-11-29(16-20)13-10-28-25(31)18-5-7-22(27)8-6-18;1-5(2,3)4/h5-8,14-15,20H,3-4,9-13,16-17H2,1-2H3,(H,28,31);(H3,1,2,3,4). The first-order valence-corrected chi connectivity index (χ1v) is 14.1. The zero-order valence-corrected chi connectivity index (χ0v) is 22.9. The molecule has 0 aliphatic carbocycles. The van der Waals surface area contributed by atoms with Gasteiger partial charge in [-0.1, -0.05) is 0 Å². The van der Waals surface area contributed by atoms with Crippen molar-refractivity contribution in [2.75, 3.05) is 46.9 Å². The maximum absolute atomic E-state index is 13.3. The number of piperidine rings is 1. The molecule has 1 saturated heterocycles. The summed E-state index contributed by atoms with van der Waals surface area (Å²) in [5.74, 6) is 0.974. The molecule has 0 saturated carbocycles. The lowest BCUT2D eigenvalue weighted by atomic mass is 9.93.